The number of hydrogen-bond donors (Lipinski definition) is 2. The molecular weight excluding hydrogens is 324 g/mol. The zero-order valence-electron chi connectivity index (χ0n) is 13.6. The van der Waals surface area contributed by atoms with Crippen LogP contribution in [0.3, 0.4) is 0 Å². The number of rotatable bonds is 7. The van der Waals surface area contributed by atoms with Crippen molar-refractivity contribution in [1.82, 2.24) is 10.6 Å². The van der Waals surface area contributed by atoms with E-state index in [1.165, 1.54) is 0 Å². The summed E-state index contributed by atoms with van der Waals surface area (Å²) in [6.45, 7) is 3.16. The van der Waals surface area contributed by atoms with Crippen LogP contribution < -0.4 is 10.6 Å². The molecule has 0 bridgehead atoms. The lowest BCUT2D eigenvalue weighted by molar-refractivity contribution is 0.0940. The van der Waals surface area contributed by atoms with E-state index >= 15 is 0 Å². The number of carbonyl (C=O) groups is 2. The van der Waals surface area contributed by atoms with Gasteiger partial charge in [-0.1, -0.05) is 37.1 Å². The van der Waals surface area contributed by atoms with Gasteiger partial charge in [-0.2, -0.15) is 0 Å². The van der Waals surface area contributed by atoms with Gasteiger partial charge in [0, 0.05) is 29.2 Å². The minimum atomic E-state index is -0.178. The van der Waals surface area contributed by atoms with E-state index < -0.39 is 0 Å². The van der Waals surface area contributed by atoms with Crippen LogP contribution in [0.2, 0.25) is 5.02 Å². The Bertz CT molecular complexity index is 682. The summed E-state index contributed by atoms with van der Waals surface area (Å²) in [6.07, 6.45) is 1.99. The van der Waals surface area contributed by atoms with Crippen LogP contribution in [0.25, 0.3) is 0 Å². The number of halogens is 1. The van der Waals surface area contributed by atoms with Gasteiger partial charge in [-0.15, -0.1) is 0 Å². The average molecular weight is 345 g/mol. The van der Waals surface area contributed by atoms with E-state index in [1.807, 2.05) is 12.1 Å². The van der Waals surface area contributed by atoms with Crippen LogP contribution >= 0.6 is 11.6 Å². The lowest BCUT2D eigenvalue weighted by Crippen LogP contribution is -2.25. The number of amides is 2. The highest BCUT2D eigenvalue weighted by molar-refractivity contribution is 6.30. The van der Waals surface area contributed by atoms with Crippen molar-refractivity contribution in [3.05, 3.63) is 70.2 Å². The Hall–Kier alpha value is -2.33. The predicted molar refractivity (Wildman–Crippen MR) is 96.3 cm³/mol. The molecule has 0 atom stereocenters. The van der Waals surface area contributed by atoms with Crippen molar-refractivity contribution in [3.63, 3.8) is 0 Å². The molecule has 0 saturated carbocycles. The van der Waals surface area contributed by atoms with Crippen molar-refractivity contribution in [2.24, 2.45) is 0 Å². The maximum absolute atomic E-state index is 12.1. The van der Waals surface area contributed by atoms with Crippen LogP contribution in [0.5, 0.6) is 0 Å². The second-order valence-electron chi connectivity index (χ2n) is 5.50. The predicted octanol–water partition coefficient (Wildman–Crippen LogP) is 3.80. The van der Waals surface area contributed by atoms with Gasteiger partial charge < -0.3 is 10.6 Å². The molecule has 0 fully saturated rings. The fourth-order valence-corrected chi connectivity index (χ4v) is 2.27. The van der Waals surface area contributed by atoms with E-state index in [0.29, 0.717) is 29.2 Å². The van der Waals surface area contributed by atoms with E-state index in [9.17, 15) is 9.59 Å². The van der Waals surface area contributed by atoms with E-state index in [4.69, 9.17) is 11.6 Å². The first-order valence-electron chi connectivity index (χ1n) is 8.01. The van der Waals surface area contributed by atoms with Gasteiger partial charge in [-0.3, -0.25) is 9.59 Å². The highest BCUT2D eigenvalue weighted by Gasteiger charge is 2.08. The number of carbonyl (C=O) groups excluding carboxylic acids is 2. The third-order valence-corrected chi connectivity index (χ3v) is 3.84. The van der Waals surface area contributed by atoms with Gasteiger partial charge >= 0.3 is 0 Å². The van der Waals surface area contributed by atoms with Crippen molar-refractivity contribution in [2.45, 2.75) is 26.3 Å². The summed E-state index contributed by atoms with van der Waals surface area (Å²) in [6, 6.07) is 14.0. The first kappa shape index (κ1) is 18.0. The lowest BCUT2D eigenvalue weighted by atomic mass is 10.1. The molecular formula is C19H21ClN2O2. The Morgan fingerprint density at radius 3 is 1.96 bits per heavy atom. The normalized spacial score (nSPS) is 10.2. The summed E-state index contributed by atoms with van der Waals surface area (Å²) in [4.78, 5) is 24.1. The van der Waals surface area contributed by atoms with Gasteiger partial charge in [0.05, 0.1) is 0 Å². The molecule has 126 valence electrons. The molecule has 0 unspecified atom stereocenters. The van der Waals surface area contributed by atoms with E-state index in [0.717, 1.165) is 18.4 Å². The fourth-order valence-electron chi connectivity index (χ4n) is 2.14. The monoisotopic (exact) mass is 344 g/mol. The summed E-state index contributed by atoms with van der Waals surface area (Å²) in [5.74, 6) is -0.292. The highest BCUT2D eigenvalue weighted by atomic mass is 35.5. The Balaban J connectivity index is 1.88. The van der Waals surface area contributed by atoms with Crippen LogP contribution in [0.15, 0.2) is 48.5 Å². The summed E-state index contributed by atoms with van der Waals surface area (Å²) in [5.41, 5.74) is 2.05. The third kappa shape index (κ3) is 5.39. The largest absolute Gasteiger partial charge is 0.352 e. The molecule has 0 heterocycles. The van der Waals surface area contributed by atoms with E-state index in [-0.39, 0.29) is 11.8 Å². The minimum Gasteiger partial charge on any atom is -0.352 e. The van der Waals surface area contributed by atoms with Crippen LogP contribution in [0.1, 0.15) is 46.0 Å². The van der Waals surface area contributed by atoms with Gasteiger partial charge in [0.1, 0.15) is 0 Å². The molecule has 2 aromatic carbocycles. The molecule has 0 saturated heterocycles. The summed E-state index contributed by atoms with van der Waals surface area (Å²) in [5, 5.41) is 6.36. The molecule has 0 aromatic heterocycles. The molecule has 2 N–H and O–H groups in total. The Morgan fingerprint density at radius 2 is 1.42 bits per heavy atom. The van der Waals surface area contributed by atoms with Crippen molar-refractivity contribution >= 4 is 23.4 Å². The minimum absolute atomic E-state index is 0.114. The smallest absolute Gasteiger partial charge is 0.251 e. The van der Waals surface area contributed by atoms with Crippen molar-refractivity contribution < 1.29 is 9.59 Å². The van der Waals surface area contributed by atoms with Crippen LogP contribution in [-0.4, -0.2) is 18.4 Å². The maximum atomic E-state index is 12.1. The zero-order chi connectivity index (χ0) is 17.4. The zero-order valence-corrected chi connectivity index (χ0v) is 14.4. The van der Waals surface area contributed by atoms with E-state index in [2.05, 4.69) is 17.6 Å². The third-order valence-electron chi connectivity index (χ3n) is 3.59. The average Bonchev–Trinajstić information content (AvgIpc) is 2.61. The number of benzene rings is 2. The number of hydrogen-bond acceptors (Lipinski definition) is 2. The summed E-state index contributed by atoms with van der Waals surface area (Å²) < 4.78 is 0. The maximum Gasteiger partial charge on any atom is 0.251 e. The molecule has 0 aliphatic heterocycles. The first-order chi connectivity index (χ1) is 11.6. The first-order valence-corrected chi connectivity index (χ1v) is 8.39. The van der Waals surface area contributed by atoms with Gasteiger partial charge in [-0.25, -0.2) is 0 Å². The van der Waals surface area contributed by atoms with Crippen molar-refractivity contribution in [3.8, 4) is 0 Å². The van der Waals surface area contributed by atoms with Crippen molar-refractivity contribution in [1.29, 1.82) is 0 Å². The highest BCUT2D eigenvalue weighted by Crippen LogP contribution is 2.10. The summed E-state index contributed by atoms with van der Waals surface area (Å²) >= 11 is 5.83. The van der Waals surface area contributed by atoms with E-state index in [1.54, 1.807) is 36.4 Å². The van der Waals surface area contributed by atoms with Crippen LogP contribution in [-0.2, 0) is 6.54 Å². The molecule has 5 heteroatoms. The summed E-state index contributed by atoms with van der Waals surface area (Å²) in [7, 11) is 0. The van der Waals surface area contributed by atoms with Gasteiger partial charge in [0.25, 0.3) is 11.8 Å². The lowest BCUT2D eigenvalue weighted by Gasteiger charge is -2.07. The molecule has 24 heavy (non-hydrogen) atoms. The standard InChI is InChI=1S/C19H21ClN2O2/c1-2-3-12-21-18(23)15-6-8-16(9-7-15)19(24)22-13-14-4-10-17(20)11-5-14/h4-11H,2-3,12-13H2,1H3,(H,21,23)(H,22,24). The Kier molecular flexibility index (Phi) is 6.82. The molecule has 2 aromatic rings. The molecule has 0 aliphatic carbocycles. The molecule has 4 nitrogen and oxygen atoms in total. The molecule has 2 rings (SSSR count). The quantitative estimate of drug-likeness (QED) is 0.750. The number of unbranched alkanes of at least 4 members (excludes halogenated alkanes) is 1. The second-order valence-corrected chi connectivity index (χ2v) is 5.93. The molecule has 0 radical (unpaired) electrons. The van der Waals surface area contributed by atoms with Gasteiger partial charge in [0.15, 0.2) is 0 Å². The molecule has 2 amide bonds. The molecule has 0 aliphatic rings. The molecule has 0 spiro atoms. The van der Waals surface area contributed by atoms with Crippen LogP contribution in [0, 0.1) is 0 Å². The van der Waals surface area contributed by atoms with Gasteiger partial charge in [0.2, 0.25) is 0 Å². The fraction of sp³-hybridized carbons (Fsp3) is 0.263. The van der Waals surface area contributed by atoms with Crippen molar-refractivity contribution in [2.75, 3.05) is 6.54 Å². The SMILES string of the molecule is CCCCNC(=O)c1ccc(C(=O)NCc2ccc(Cl)cc2)cc1. The van der Waals surface area contributed by atoms with Crippen LogP contribution in [0.4, 0.5) is 0 Å². The Morgan fingerprint density at radius 1 is 0.875 bits per heavy atom. The Labute approximate surface area is 147 Å². The number of nitrogens with one attached hydrogen (secondary N) is 2. The topological polar surface area (TPSA) is 58.2 Å². The second kappa shape index (κ2) is 9.08. The van der Waals surface area contributed by atoms with Gasteiger partial charge in [-0.05, 0) is 48.4 Å².